The van der Waals surface area contributed by atoms with Gasteiger partial charge in [-0.25, -0.2) is 0 Å². The molecule has 0 aromatic rings. The summed E-state index contributed by atoms with van der Waals surface area (Å²) >= 11 is 0. The number of nitrogens with zero attached hydrogens (tertiary/aromatic N) is 1. The van der Waals surface area contributed by atoms with Crippen LogP contribution in [-0.2, 0) is 4.79 Å². The highest BCUT2D eigenvalue weighted by Crippen LogP contribution is 2.38. The van der Waals surface area contributed by atoms with E-state index in [-0.39, 0.29) is 12.5 Å². The van der Waals surface area contributed by atoms with Gasteiger partial charge in [-0.2, -0.15) is 0 Å². The normalized spacial score (nSPS) is 27.1. The second kappa shape index (κ2) is 5.17. The molecule has 0 radical (unpaired) electrons. The van der Waals surface area contributed by atoms with Gasteiger partial charge in [0.2, 0.25) is 5.91 Å². The number of likely N-dealkylation sites (tertiary alicyclic amines) is 1. The molecule has 2 fully saturated rings. The van der Waals surface area contributed by atoms with Gasteiger partial charge in [0.15, 0.2) is 0 Å². The zero-order valence-corrected chi connectivity index (χ0v) is 10.2. The van der Waals surface area contributed by atoms with Crippen molar-refractivity contribution in [2.24, 2.45) is 11.8 Å². The van der Waals surface area contributed by atoms with E-state index in [0.717, 1.165) is 32.2 Å². The van der Waals surface area contributed by atoms with Crippen molar-refractivity contribution in [3.05, 3.63) is 0 Å². The third-order valence-electron chi connectivity index (χ3n) is 4.07. The molecule has 2 unspecified atom stereocenters. The van der Waals surface area contributed by atoms with Gasteiger partial charge in [0.25, 0.3) is 0 Å². The van der Waals surface area contributed by atoms with Crippen molar-refractivity contribution in [3.63, 3.8) is 0 Å². The molecule has 3 nitrogen and oxygen atoms in total. The molecule has 0 spiro atoms. The van der Waals surface area contributed by atoms with Crippen LogP contribution in [0.5, 0.6) is 0 Å². The molecule has 3 heteroatoms. The van der Waals surface area contributed by atoms with Crippen molar-refractivity contribution in [2.75, 3.05) is 13.2 Å². The molecule has 2 atom stereocenters. The minimum absolute atomic E-state index is 0.231. The predicted molar refractivity (Wildman–Crippen MR) is 62.9 cm³/mol. The summed E-state index contributed by atoms with van der Waals surface area (Å²) in [5.74, 6) is 1.25. The zero-order chi connectivity index (χ0) is 11.5. The molecule has 1 aliphatic carbocycles. The molecule has 92 valence electrons. The smallest absolute Gasteiger partial charge is 0.225 e. The number of aliphatic hydroxyl groups excluding tert-OH is 1. The highest BCUT2D eigenvalue weighted by atomic mass is 16.3. The third kappa shape index (κ3) is 2.57. The molecule has 1 saturated heterocycles. The molecule has 1 saturated carbocycles. The summed E-state index contributed by atoms with van der Waals surface area (Å²) in [6.07, 6.45) is 6.54. The van der Waals surface area contributed by atoms with Crippen LogP contribution in [0.25, 0.3) is 0 Å². The number of aliphatic hydroxyl groups is 1. The number of amides is 1. The van der Waals surface area contributed by atoms with Crippen molar-refractivity contribution in [1.82, 2.24) is 4.90 Å². The summed E-state index contributed by atoms with van der Waals surface area (Å²) in [5, 5.41) is 8.86. The van der Waals surface area contributed by atoms with Gasteiger partial charge in [-0.1, -0.05) is 6.92 Å². The molecular formula is C13H23NO2. The van der Waals surface area contributed by atoms with E-state index in [1.54, 1.807) is 0 Å². The van der Waals surface area contributed by atoms with Crippen LogP contribution >= 0.6 is 0 Å². The van der Waals surface area contributed by atoms with Crippen LogP contribution < -0.4 is 0 Å². The minimum Gasteiger partial charge on any atom is -0.396 e. The number of carbonyl (C=O) groups excluding carboxylic acids is 1. The van der Waals surface area contributed by atoms with Crippen LogP contribution in [-0.4, -0.2) is 35.1 Å². The molecule has 1 amide bonds. The van der Waals surface area contributed by atoms with E-state index in [9.17, 15) is 4.79 Å². The lowest BCUT2D eigenvalue weighted by atomic mass is 10.0. The quantitative estimate of drug-likeness (QED) is 0.775. The number of rotatable bonds is 5. The van der Waals surface area contributed by atoms with Gasteiger partial charge in [-0.15, -0.1) is 0 Å². The SMILES string of the molecule is CC(C(=O)N1CCCC1CCCO)C1CC1. The van der Waals surface area contributed by atoms with E-state index in [1.165, 1.54) is 12.8 Å². The second-order valence-electron chi connectivity index (χ2n) is 5.32. The topological polar surface area (TPSA) is 40.5 Å². The Bertz CT molecular complexity index is 250. The molecule has 0 aromatic heterocycles. The van der Waals surface area contributed by atoms with Gasteiger partial charge in [-0.05, 0) is 44.4 Å². The Morgan fingerprint density at radius 2 is 2.19 bits per heavy atom. The predicted octanol–water partition coefficient (Wildman–Crippen LogP) is 1.80. The summed E-state index contributed by atoms with van der Waals surface area (Å²) in [4.78, 5) is 14.3. The first kappa shape index (κ1) is 11.9. The van der Waals surface area contributed by atoms with Gasteiger partial charge in [0.05, 0.1) is 0 Å². The second-order valence-corrected chi connectivity index (χ2v) is 5.32. The Morgan fingerprint density at radius 1 is 1.44 bits per heavy atom. The first-order chi connectivity index (χ1) is 7.74. The Hall–Kier alpha value is -0.570. The van der Waals surface area contributed by atoms with E-state index in [2.05, 4.69) is 11.8 Å². The average molecular weight is 225 g/mol. The number of hydrogen-bond acceptors (Lipinski definition) is 2. The Morgan fingerprint density at radius 3 is 2.81 bits per heavy atom. The number of carbonyl (C=O) groups is 1. The Kier molecular flexibility index (Phi) is 3.85. The van der Waals surface area contributed by atoms with Crippen molar-refractivity contribution in [1.29, 1.82) is 0 Å². The molecule has 0 aromatic carbocycles. The summed E-state index contributed by atoms with van der Waals surface area (Å²) in [7, 11) is 0. The lowest BCUT2D eigenvalue weighted by molar-refractivity contribution is -0.136. The highest BCUT2D eigenvalue weighted by Gasteiger charge is 2.38. The molecule has 2 rings (SSSR count). The molecule has 1 aliphatic heterocycles. The largest absolute Gasteiger partial charge is 0.396 e. The first-order valence-corrected chi connectivity index (χ1v) is 6.65. The molecular weight excluding hydrogens is 202 g/mol. The lowest BCUT2D eigenvalue weighted by Gasteiger charge is -2.27. The van der Waals surface area contributed by atoms with Crippen LogP contribution in [0.2, 0.25) is 0 Å². The van der Waals surface area contributed by atoms with Gasteiger partial charge >= 0.3 is 0 Å². The summed E-state index contributed by atoms with van der Waals surface area (Å²) in [6, 6.07) is 0.404. The van der Waals surface area contributed by atoms with Crippen LogP contribution in [0.1, 0.15) is 45.4 Å². The van der Waals surface area contributed by atoms with Crippen molar-refractivity contribution >= 4 is 5.91 Å². The fraction of sp³-hybridized carbons (Fsp3) is 0.923. The molecule has 1 N–H and O–H groups in total. The van der Waals surface area contributed by atoms with E-state index in [0.29, 0.717) is 17.9 Å². The summed E-state index contributed by atoms with van der Waals surface area (Å²) in [5.41, 5.74) is 0. The van der Waals surface area contributed by atoms with Gasteiger partial charge in [-0.3, -0.25) is 4.79 Å². The maximum Gasteiger partial charge on any atom is 0.225 e. The van der Waals surface area contributed by atoms with Crippen LogP contribution in [0, 0.1) is 11.8 Å². The van der Waals surface area contributed by atoms with E-state index in [1.807, 2.05) is 0 Å². The van der Waals surface area contributed by atoms with Gasteiger partial charge < -0.3 is 10.0 Å². The van der Waals surface area contributed by atoms with E-state index in [4.69, 9.17) is 5.11 Å². The fourth-order valence-corrected chi connectivity index (χ4v) is 2.81. The van der Waals surface area contributed by atoms with Crippen molar-refractivity contribution in [3.8, 4) is 0 Å². The van der Waals surface area contributed by atoms with Crippen LogP contribution in [0.15, 0.2) is 0 Å². The lowest BCUT2D eigenvalue weighted by Crippen LogP contribution is -2.39. The molecule has 1 heterocycles. The minimum atomic E-state index is 0.231. The van der Waals surface area contributed by atoms with E-state index >= 15 is 0 Å². The zero-order valence-electron chi connectivity index (χ0n) is 10.2. The summed E-state index contributed by atoms with van der Waals surface area (Å²) < 4.78 is 0. The average Bonchev–Trinajstić information content (AvgIpc) is 3.04. The number of hydrogen-bond donors (Lipinski definition) is 1. The Labute approximate surface area is 97.8 Å². The van der Waals surface area contributed by atoms with Gasteiger partial charge in [0, 0.05) is 25.1 Å². The maximum atomic E-state index is 12.3. The van der Waals surface area contributed by atoms with Crippen molar-refractivity contribution < 1.29 is 9.90 Å². The first-order valence-electron chi connectivity index (χ1n) is 6.65. The van der Waals surface area contributed by atoms with Crippen molar-refractivity contribution in [2.45, 2.75) is 51.5 Å². The highest BCUT2D eigenvalue weighted by molar-refractivity contribution is 5.79. The van der Waals surface area contributed by atoms with Gasteiger partial charge in [0.1, 0.15) is 0 Å². The van der Waals surface area contributed by atoms with E-state index < -0.39 is 0 Å². The molecule has 16 heavy (non-hydrogen) atoms. The standard InChI is InChI=1S/C13H23NO2/c1-10(11-6-7-11)13(16)14-8-2-4-12(14)5-3-9-15/h10-12,15H,2-9H2,1H3. The third-order valence-corrected chi connectivity index (χ3v) is 4.07. The Balaban J connectivity index is 1.88. The monoisotopic (exact) mass is 225 g/mol. The van der Waals surface area contributed by atoms with Crippen LogP contribution in [0.4, 0.5) is 0 Å². The maximum absolute atomic E-state index is 12.3. The summed E-state index contributed by atoms with van der Waals surface area (Å²) in [6.45, 7) is 3.27. The van der Waals surface area contributed by atoms with Crippen LogP contribution in [0.3, 0.4) is 0 Å². The molecule has 0 bridgehead atoms. The fourth-order valence-electron chi connectivity index (χ4n) is 2.81. The molecule has 2 aliphatic rings.